The molecule has 19 heavy (non-hydrogen) atoms. The molecule has 0 spiro atoms. The zero-order chi connectivity index (χ0) is 13.7. The fraction of sp³-hybridized carbons (Fsp3) is 0.250. The SMILES string of the molecule is CCCN(Nc1ncnc(Cl)n1)c1ccc(F)cc1. The van der Waals surface area contributed by atoms with E-state index < -0.39 is 0 Å². The number of halogens is 2. The summed E-state index contributed by atoms with van der Waals surface area (Å²) in [4.78, 5) is 11.6. The fourth-order valence-electron chi connectivity index (χ4n) is 1.55. The molecule has 0 saturated heterocycles. The van der Waals surface area contributed by atoms with Crippen LogP contribution in [0.2, 0.25) is 5.28 Å². The van der Waals surface area contributed by atoms with Crippen molar-refractivity contribution < 1.29 is 4.39 Å². The Morgan fingerprint density at radius 1 is 1.26 bits per heavy atom. The van der Waals surface area contributed by atoms with Gasteiger partial charge in [-0.25, -0.2) is 9.37 Å². The number of benzene rings is 1. The van der Waals surface area contributed by atoms with Gasteiger partial charge in [-0.15, -0.1) is 0 Å². The summed E-state index contributed by atoms with van der Waals surface area (Å²) in [6.07, 6.45) is 2.23. The molecular weight excluding hydrogens is 269 g/mol. The van der Waals surface area contributed by atoms with Crippen LogP contribution in [0.5, 0.6) is 0 Å². The third-order valence-corrected chi connectivity index (χ3v) is 2.55. The third-order valence-electron chi connectivity index (χ3n) is 2.36. The zero-order valence-corrected chi connectivity index (χ0v) is 11.1. The summed E-state index contributed by atoms with van der Waals surface area (Å²) in [5.74, 6) is 0.0705. The summed E-state index contributed by atoms with van der Waals surface area (Å²) >= 11 is 5.70. The molecule has 0 atom stereocenters. The normalized spacial score (nSPS) is 10.3. The van der Waals surface area contributed by atoms with Crippen LogP contribution in [-0.4, -0.2) is 21.5 Å². The highest BCUT2D eigenvalue weighted by atomic mass is 35.5. The van der Waals surface area contributed by atoms with Crippen LogP contribution in [0.3, 0.4) is 0 Å². The maximum absolute atomic E-state index is 12.9. The van der Waals surface area contributed by atoms with Crippen LogP contribution >= 0.6 is 11.6 Å². The van der Waals surface area contributed by atoms with Crippen LogP contribution < -0.4 is 10.4 Å². The standard InChI is InChI=1S/C12H13ClFN5/c1-2-7-19(10-5-3-9(14)4-6-10)18-12-16-8-15-11(13)17-12/h3-6,8H,2,7H2,1H3,(H,15,16,17,18). The monoisotopic (exact) mass is 281 g/mol. The first-order valence-corrected chi connectivity index (χ1v) is 6.21. The summed E-state index contributed by atoms with van der Waals surface area (Å²) in [5, 5.41) is 1.94. The van der Waals surface area contributed by atoms with Crippen LogP contribution in [0.4, 0.5) is 16.0 Å². The van der Waals surface area contributed by atoms with E-state index in [1.54, 1.807) is 12.1 Å². The lowest BCUT2D eigenvalue weighted by Gasteiger charge is -2.24. The lowest BCUT2D eigenvalue weighted by Crippen LogP contribution is -2.31. The second-order valence-corrected chi connectivity index (χ2v) is 4.16. The van der Waals surface area contributed by atoms with E-state index in [9.17, 15) is 4.39 Å². The van der Waals surface area contributed by atoms with Gasteiger partial charge in [0.2, 0.25) is 11.2 Å². The number of hydrazine groups is 1. The summed E-state index contributed by atoms with van der Waals surface area (Å²) in [5.41, 5.74) is 3.84. The number of hydrogen-bond acceptors (Lipinski definition) is 5. The zero-order valence-electron chi connectivity index (χ0n) is 10.3. The van der Waals surface area contributed by atoms with Gasteiger partial charge < -0.3 is 0 Å². The molecule has 1 aromatic carbocycles. The molecule has 2 aromatic rings. The van der Waals surface area contributed by atoms with Crippen molar-refractivity contribution in [1.82, 2.24) is 15.0 Å². The lowest BCUT2D eigenvalue weighted by atomic mass is 10.3. The molecule has 0 amide bonds. The topological polar surface area (TPSA) is 53.9 Å². The second-order valence-electron chi connectivity index (χ2n) is 3.82. The minimum atomic E-state index is -0.275. The fourth-order valence-corrected chi connectivity index (χ4v) is 1.67. The van der Waals surface area contributed by atoms with Crippen LogP contribution in [0.1, 0.15) is 13.3 Å². The highest BCUT2D eigenvalue weighted by Gasteiger charge is 2.08. The molecule has 5 nitrogen and oxygen atoms in total. The van der Waals surface area contributed by atoms with E-state index in [-0.39, 0.29) is 11.1 Å². The number of hydrogen-bond donors (Lipinski definition) is 1. The number of nitrogens with one attached hydrogen (secondary N) is 1. The third kappa shape index (κ3) is 3.75. The summed E-state index contributed by atoms with van der Waals surface area (Å²) < 4.78 is 12.9. The Balaban J connectivity index is 2.18. The van der Waals surface area contributed by atoms with E-state index in [1.807, 2.05) is 11.9 Å². The van der Waals surface area contributed by atoms with Crippen molar-refractivity contribution in [2.75, 3.05) is 17.0 Å². The van der Waals surface area contributed by atoms with Crippen molar-refractivity contribution in [2.45, 2.75) is 13.3 Å². The summed E-state index contributed by atoms with van der Waals surface area (Å²) in [6, 6.07) is 6.17. The van der Waals surface area contributed by atoms with E-state index in [0.29, 0.717) is 5.95 Å². The van der Waals surface area contributed by atoms with E-state index in [1.165, 1.54) is 18.5 Å². The van der Waals surface area contributed by atoms with Crippen molar-refractivity contribution >= 4 is 23.2 Å². The molecule has 1 N–H and O–H groups in total. The Morgan fingerprint density at radius 2 is 2.00 bits per heavy atom. The molecule has 1 heterocycles. The van der Waals surface area contributed by atoms with Gasteiger partial charge in [0.1, 0.15) is 12.1 Å². The number of nitrogens with zero attached hydrogens (tertiary/aromatic N) is 4. The molecule has 0 aliphatic carbocycles. The molecular formula is C12H13ClFN5. The van der Waals surface area contributed by atoms with Gasteiger partial charge in [0.15, 0.2) is 0 Å². The molecule has 0 aliphatic heterocycles. The average Bonchev–Trinajstić information content (AvgIpc) is 2.39. The van der Waals surface area contributed by atoms with E-state index in [0.717, 1.165) is 18.7 Å². The van der Waals surface area contributed by atoms with Crippen molar-refractivity contribution in [3.05, 3.63) is 41.7 Å². The molecule has 0 aliphatic rings. The van der Waals surface area contributed by atoms with Crippen LogP contribution in [0.15, 0.2) is 30.6 Å². The van der Waals surface area contributed by atoms with Gasteiger partial charge in [-0.2, -0.15) is 9.97 Å². The molecule has 0 saturated carbocycles. The molecule has 0 fully saturated rings. The molecule has 0 radical (unpaired) electrons. The molecule has 0 unspecified atom stereocenters. The van der Waals surface area contributed by atoms with Crippen molar-refractivity contribution in [2.24, 2.45) is 0 Å². The van der Waals surface area contributed by atoms with Crippen LogP contribution in [0, 0.1) is 5.82 Å². The average molecular weight is 282 g/mol. The molecule has 1 aromatic heterocycles. The van der Waals surface area contributed by atoms with Gasteiger partial charge in [0.25, 0.3) is 0 Å². The number of aromatic nitrogens is 3. The van der Waals surface area contributed by atoms with Gasteiger partial charge in [-0.1, -0.05) is 6.92 Å². The second kappa shape index (κ2) is 6.29. The Hall–Kier alpha value is -1.95. The van der Waals surface area contributed by atoms with Crippen molar-refractivity contribution in [3.8, 4) is 0 Å². The Labute approximate surface area is 115 Å². The quantitative estimate of drug-likeness (QED) is 0.854. The van der Waals surface area contributed by atoms with Gasteiger partial charge in [-0.3, -0.25) is 10.4 Å². The van der Waals surface area contributed by atoms with Crippen LogP contribution in [-0.2, 0) is 0 Å². The predicted octanol–water partition coefficient (Wildman–Crippen LogP) is 2.91. The van der Waals surface area contributed by atoms with E-state index in [2.05, 4.69) is 20.4 Å². The first kappa shape index (κ1) is 13.5. The van der Waals surface area contributed by atoms with Gasteiger partial charge in [0.05, 0.1) is 5.69 Å². The summed E-state index contributed by atoms with van der Waals surface area (Å²) in [7, 11) is 0. The van der Waals surface area contributed by atoms with Gasteiger partial charge in [-0.05, 0) is 42.3 Å². The first-order chi connectivity index (χ1) is 9.19. The lowest BCUT2D eigenvalue weighted by molar-refractivity contribution is 0.627. The van der Waals surface area contributed by atoms with Crippen molar-refractivity contribution in [1.29, 1.82) is 0 Å². The Kier molecular flexibility index (Phi) is 4.46. The highest BCUT2D eigenvalue weighted by molar-refractivity contribution is 6.28. The Morgan fingerprint density at radius 3 is 2.63 bits per heavy atom. The molecule has 2 rings (SSSR count). The molecule has 100 valence electrons. The molecule has 7 heteroatoms. The first-order valence-electron chi connectivity index (χ1n) is 5.83. The minimum Gasteiger partial charge on any atom is -0.285 e. The highest BCUT2D eigenvalue weighted by Crippen LogP contribution is 2.16. The van der Waals surface area contributed by atoms with Gasteiger partial charge >= 0.3 is 0 Å². The Bertz CT molecular complexity index is 534. The van der Waals surface area contributed by atoms with Gasteiger partial charge in [0, 0.05) is 6.54 Å². The number of rotatable bonds is 5. The number of anilines is 2. The van der Waals surface area contributed by atoms with Crippen molar-refractivity contribution in [3.63, 3.8) is 0 Å². The minimum absolute atomic E-state index is 0.119. The predicted molar refractivity (Wildman–Crippen MR) is 72.5 cm³/mol. The smallest absolute Gasteiger partial charge is 0.246 e. The summed E-state index contributed by atoms with van der Waals surface area (Å²) in [6.45, 7) is 2.76. The maximum Gasteiger partial charge on any atom is 0.246 e. The molecule has 0 bridgehead atoms. The largest absolute Gasteiger partial charge is 0.285 e. The maximum atomic E-state index is 12.9. The van der Waals surface area contributed by atoms with E-state index >= 15 is 0 Å². The van der Waals surface area contributed by atoms with E-state index in [4.69, 9.17) is 11.6 Å². The van der Waals surface area contributed by atoms with Crippen LogP contribution in [0.25, 0.3) is 0 Å².